The first kappa shape index (κ1) is 23.8. The van der Waals surface area contributed by atoms with Crippen molar-refractivity contribution < 1.29 is 13.2 Å². The lowest BCUT2D eigenvalue weighted by atomic mass is 9.84. The van der Waals surface area contributed by atoms with Crippen molar-refractivity contribution in [1.82, 2.24) is 4.72 Å². The quantitative estimate of drug-likeness (QED) is 0.436. The van der Waals surface area contributed by atoms with Crippen molar-refractivity contribution >= 4 is 21.6 Å². The van der Waals surface area contributed by atoms with Crippen molar-refractivity contribution in [3.63, 3.8) is 0 Å². The predicted molar refractivity (Wildman–Crippen MR) is 139 cm³/mol. The van der Waals surface area contributed by atoms with Gasteiger partial charge in [0.15, 0.2) is 0 Å². The molecule has 6 heteroatoms. The lowest BCUT2D eigenvalue weighted by Gasteiger charge is -2.28. The maximum absolute atomic E-state index is 13.3. The number of hydrogen-bond acceptors (Lipinski definition) is 3. The number of carbonyl (C=O) groups is 1. The third kappa shape index (κ3) is 5.19. The third-order valence-electron chi connectivity index (χ3n) is 7.74. The Balaban J connectivity index is 1.28. The lowest BCUT2D eigenvalue weighted by Crippen LogP contribution is -2.40. The van der Waals surface area contributed by atoms with Crippen LogP contribution in [-0.4, -0.2) is 20.4 Å². The molecule has 2 aliphatic rings. The summed E-state index contributed by atoms with van der Waals surface area (Å²) < 4.78 is 28.9. The van der Waals surface area contributed by atoms with Crippen LogP contribution < -0.4 is 10.0 Å². The van der Waals surface area contributed by atoms with Crippen LogP contribution in [0, 0.1) is 17.8 Å². The number of rotatable bonds is 8. The van der Waals surface area contributed by atoms with E-state index in [1.807, 2.05) is 67.6 Å². The Morgan fingerprint density at radius 3 is 1.94 bits per heavy atom. The zero-order valence-electron chi connectivity index (χ0n) is 19.9. The van der Waals surface area contributed by atoms with E-state index in [4.69, 9.17) is 0 Å². The van der Waals surface area contributed by atoms with E-state index in [2.05, 4.69) is 10.0 Å². The zero-order chi connectivity index (χ0) is 24.4. The monoisotopic (exact) mass is 488 g/mol. The van der Waals surface area contributed by atoms with Crippen LogP contribution in [-0.2, 0) is 14.8 Å². The van der Waals surface area contributed by atoms with Gasteiger partial charge in [-0.15, -0.1) is 0 Å². The Hall–Kier alpha value is -2.96. The van der Waals surface area contributed by atoms with Crippen LogP contribution in [0.15, 0.2) is 89.8 Å². The van der Waals surface area contributed by atoms with Crippen LogP contribution in [0.4, 0.5) is 5.69 Å². The smallest absolute Gasteiger partial charge is 0.240 e. The van der Waals surface area contributed by atoms with Gasteiger partial charge in [0.1, 0.15) is 0 Å². The molecular weight excluding hydrogens is 456 g/mol. The summed E-state index contributed by atoms with van der Waals surface area (Å²) in [6, 6.07) is 25.6. The Bertz CT molecular complexity index is 1220. The van der Waals surface area contributed by atoms with Gasteiger partial charge in [-0.1, -0.05) is 67.1 Å². The topological polar surface area (TPSA) is 75.3 Å². The minimum absolute atomic E-state index is 0.0767. The SMILES string of the molecule is C[C@H](NS(=O)(=O)c1ccc(NC(=O)C(c2ccccc2)c2ccccc2)cc1)[C@H]1C[C@@H]2CC[C@@H]1C2. The average Bonchev–Trinajstić information content (AvgIpc) is 3.50. The van der Waals surface area contributed by atoms with Crippen molar-refractivity contribution in [2.45, 2.75) is 49.5 Å². The van der Waals surface area contributed by atoms with Gasteiger partial charge in [0.05, 0.1) is 10.8 Å². The Morgan fingerprint density at radius 1 is 0.829 bits per heavy atom. The van der Waals surface area contributed by atoms with E-state index in [0.29, 0.717) is 17.5 Å². The number of fused-ring (bicyclic) bond motifs is 2. The second-order valence-electron chi connectivity index (χ2n) is 10.0. The van der Waals surface area contributed by atoms with Gasteiger partial charge in [-0.2, -0.15) is 0 Å². The number of hydrogen-bond donors (Lipinski definition) is 2. The number of sulfonamides is 1. The summed E-state index contributed by atoms with van der Waals surface area (Å²) in [6.45, 7) is 1.99. The van der Waals surface area contributed by atoms with E-state index in [1.54, 1.807) is 24.3 Å². The molecular formula is C29H32N2O3S. The molecule has 5 nitrogen and oxygen atoms in total. The standard InChI is InChI=1S/C29H32N2O3S/c1-20(27-19-21-12-13-24(27)18-21)31-35(33,34)26-16-14-25(15-17-26)30-29(32)28(22-8-4-2-5-9-22)23-10-6-3-7-11-23/h2-11,14-17,20-21,24,27-28,31H,12-13,18-19H2,1H3,(H,30,32)/t20-,21+,24+,27+/m0/s1. The predicted octanol–water partition coefficient (Wildman–Crippen LogP) is 5.56. The molecule has 0 saturated heterocycles. The van der Waals surface area contributed by atoms with Crippen molar-refractivity contribution in [2.75, 3.05) is 5.32 Å². The summed E-state index contributed by atoms with van der Waals surface area (Å²) in [6.07, 6.45) is 4.90. The summed E-state index contributed by atoms with van der Waals surface area (Å²) in [7, 11) is -3.62. The Labute approximate surface area is 208 Å². The van der Waals surface area contributed by atoms with Crippen molar-refractivity contribution in [3.05, 3.63) is 96.1 Å². The third-order valence-corrected chi connectivity index (χ3v) is 9.31. The fourth-order valence-corrected chi connectivity index (χ4v) is 7.32. The fraction of sp³-hybridized carbons (Fsp3) is 0.345. The minimum atomic E-state index is -3.62. The Kier molecular flexibility index (Phi) is 6.76. The van der Waals surface area contributed by atoms with Gasteiger partial charge in [0.25, 0.3) is 0 Å². The first-order chi connectivity index (χ1) is 16.9. The molecule has 5 rings (SSSR count). The second-order valence-corrected chi connectivity index (χ2v) is 11.7. The van der Waals surface area contributed by atoms with Gasteiger partial charge in [-0.25, -0.2) is 13.1 Å². The maximum atomic E-state index is 13.3. The van der Waals surface area contributed by atoms with Crippen molar-refractivity contribution in [1.29, 1.82) is 0 Å². The number of anilines is 1. The van der Waals surface area contributed by atoms with Gasteiger partial charge in [0.2, 0.25) is 15.9 Å². The van der Waals surface area contributed by atoms with Gasteiger partial charge < -0.3 is 5.32 Å². The number of carbonyl (C=O) groups excluding carboxylic acids is 1. The van der Waals surface area contributed by atoms with E-state index in [0.717, 1.165) is 23.5 Å². The molecule has 2 bridgehead atoms. The summed E-state index contributed by atoms with van der Waals surface area (Å²) >= 11 is 0. The molecule has 182 valence electrons. The number of benzene rings is 3. The second kappa shape index (κ2) is 9.96. The van der Waals surface area contributed by atoms with Crippen LogP contribution in [0.2, 0.25) is 0 Å². The molecule has 35 heavy (non-hydrogen) atoms. The highest BCUT2D eigenvalue weighted by Crippen LogP contribution is 2.49. The fourth-order valence-electron chi connectivity index (χ4n) is 6.02. The lowest BCUT2D eigenvalue weighted by molar-refractivity contribution is -0.116. The molecule has 0 radical (unpaired) electrons. The summed E-state index contributed by atoms with van der Waals surface area (Å²) in [5.74, 6) is 1.22. The molecule has 0 aromatic heterocycles. The zero-order valence-corrected chi connectivity index (χ0v) is 20.7. The minimum Gasteiger partial charge on any atom is -0.325 e. The molecule has 0 heterocycles. The van der Waals surface area contributed by atoms with Crippen LogP contribution in [0.3, 0.4) is 0 Å². The van der Waals surface area contributed by atoms with Crippen LogP contribution >= 0.6 is 0 Å². The summed E-state index contributed by atoms with van der Waals surface area (Å²) in [5, 5.41) is 2.97. The van der Waals surface area contributed by atoms with E-state index >= 15 is 0 Å². The van der Waals surface area contributed by atoms with E-state index in [1.165, 1.54) is 19.3 Å². The van der Waals surface area contributed by atoms with Crippen molar-refractivity contribution in [3.8, 4) is 0 Å². The summed E-state index contributed by atoms with van der Waals surface area (Å²) in [5.41, 5.74) is 2.36. The van der Waals surface area contributed by atoms with E-state index in [9.17, 15) is 13.2 Å². The van der Waals surface area contributed by atoms with Gasteiger partial charge in [-0.05, 0) is 79.3 Å². The molecule has 3 aromatic carbocycles. The Morgan fingerprint density at radius 2 is 1.43 bits per heavy atom. The molecule has 1 amide bonds. The molecule has 4 atom stereocenters. The molecule has 0 aliphatic heterocycles. The first-order valence-corrected chi connectivity index (χ1v) is 13.9. The van der Waals surface area contributed by atoms with E-state index in [-0.39, 0.29) is 16.8 Å². The summed E-state index contributed by atoms with van der Waals surface area (Å²) in [4.78, 5) is 13.5. The van der Waals surface area contributed by atoms with E-state index < -0.39 is 15.9 Å². The molecule has 2 N–H and O–H groups in total. The number of amides is 1. The highest BCUT2D eigenvalue weighted by molar-refractivity contribution is 7.89. The molecule has 2 fully saturated rings. The number of nitrogens with one attached hydrogen (secondary N) is 2. The molecule has 2 aliphatic carbocycles. The van der Waals surface area contributed by atoms with Gasteiger partial charge in [-0.3, -0.25) is 4.79 Å². The normalized spacial score (nSPS) is 22.3. The van der Waals surface area contributed by atoms with Crippen LogP contribution in [0.1, 0.15) is 49.7 Å². The molecule has 2 saturated carbocycles. The average molecular weight is 489 g/mol. The van der Waals surface area contributed by atoms with Gasteiger partial charge >= 0.3 is 0 Å². The molecule has 0 unspecified atom stereocenters. The largest absolute Gasteiger partial charge is 0.325 e. The van der Waals surface area contributed by atoms with Gasteiger partial charge in [0, 0.05) is 11.7 Å². The van der Waals surface area contributed by atoms with Crippen molar-refractivity contribution in [2.24, 2.45) is 17.8 Å². The highest BCUT2D eigenvalue weighted by Gasteiger charge is 2.42. The van der Waals surface area contributed by atoms with Crippen LogP contribution in [0.5, 0.6) is 0 Å². The maximum Gasteiger partial charge on any atom is 0.240 e. The first-order valence-electron chi connectivity index (χ1n) is 12.4. The molecule has 0 spiro atoms. The van der Waals surface area contributed by atoms with Crippen LogP contribution in [0.25, 0.3) is 0 Å². The highest BCUT2D eigenvalue weighted by atomic mass is 32.2. The molecule has 3 aromatic rings.